The van der Waals surface area contributed by atoms with Gasteiger partial charge < -0.3 is 15.9 Å². The van der Waals surface area contributed by atoms with Crippen molar-refractivity contribution in [1.29, 1.82) is 0 Å². The Hall–Kier alpha value is -2.08. The topological polar surface area (TPSA) is 98.4 Å². The van der Waals surface area contributed by atoms with Crippen molar-refractivity contribution in [1.82, 2.24) is 9.88 Å². The summed E-state index contributed by atoms with van der Waals surface area (Å²) in [5.74, 6) is 0.283. The normalized spacial score (nSPS) is 16.0. The molecule has 21 heavy (non-hydrogen) atoms. The number of carbonyl (C=O) groups is 1. The van der Waals surface area contributed by atoms with Crippen molar-refractivity contribution in [3.8, 4) is 0 Å². The molecule has 1 aliphatic carbocycles. The molecule has 1 aliphatic rings. The zero-order valence-corrected chi connectivity index (χ0v) is 11.9. The molecule has 0 aliphatic heterocycles. The Balaban J connectivity index is 1.80. The summed E-state index contributed by atoms with van der Waals surface area (Å²) in [4.78, 5) is 17.8. The molecule has 4 N–H and O–H groups in total. The van der Waals surface area contributed by atoms with Crippen molar-refractivity contribution >= 4 is 22.7 Å². The molecule has 112 valence electrons. The molecule has 0 unspecified atom stereocenters. The Morgan fingerprint density at radius 2 is 2.14 bits per heavy atom. The van der Waals surface area contributed by atoms with Crippen molar-refractivity contribution in [2.75, 3.05) is 12.3 Å². The molecule has 2 aromatic rings. The third-order valence-electron chi connectivity index (χ3n) is 4.00. The maximum atomic E-state index is 11.3. The van der Waals surface area contributed by atoms with E-state index in [0.717, 1.165) is 18.4 Å². The second kappa shape index (κ2) is 5.73. The first-order valence-electron chi connectivity index (χ1n) is 7.29. The first-order chi connectivity index (χ1) is 10.1. The molecule has 0 spiro atoms. The number of amides is 1. The van der Waals surface area contributed by atoms with Crippen LogP contribution in [0.4, 0.5) is 5.69 Å². The highest BCUT2D eigenvalue weighted by Crippen LogP contribution is 2.26. The Kier molecular flexibility index (Phi) is 3.79. The zero-order valence-electron chi connectivity index (χ0n) is 11.9. The number of nitrogen functional groups attached to an aromatic ring is 1. The number of aromatic nitrogens is 1. The van der Waals surface area contributed by atoms with Gasteiger partial charge in [0.05, 0.1) is 13.1 Å². The lowest BCUT2D eigenvalue weighted by molar-refractivity contribution is -0.119. The van der Waals surface area contributed by atoms with Gasteiger partial charge in [0.15, 0.2) is 5.58 Å². The van der Waals surface area contributed by atoms with Gasteiger partial charge in [-0.1, -0.05) is 12.8 Å². The highest BCUT2D eigenvalue weighted by molar-refractivity contribution is 5.77. The number of nitrogens with zero attached hydrogens (tertiary/aromatic N) is 2. The van der Waals surface area contributed by atoms with Crippen LogP contribution in [0.1, 0.15) is 31.6 Å². The summed E-state index contributed by atoms with van der Waals surface area (Å²) in [5, 5.41) is 0. The van der Waals surface area contributed by atoms with Crippen molar-refractivity contribution in [2.24, 2.45) is 5.73 Å². The fraction of sp³-hybridized carbons (Fsp3) is 0.467. The molecular weight excluding hydrogens is 268 g/mol. The van der Waals surface area contributed by atoms with Gasteiger partial charge in [-0.2, -0.15) is 0 Å². The van der Waals surface area contributed by atoms with Crippen LogP contribution in [0, 0.1) is 0 Å². The molecule has 0 atom stereocenters. The fourth-order valence-corrected chi connectivity index (χ4v) is 3.01. The average molecular weight is 288 g/mol. The van der Waals surface area contributed by atoms with Crippen LogP contribution in [-0.4, -0.2) is 28.4 Å². The van der Waals surface area contributed by atoms with E-state index in [9.17, 15) is 4.79 Å². The number of benzene rings is 1. The number of fused-ring (bicyclic) bond motifs is 1. The van der Waals surface area contributed by atoms with Crippen LogP contribution in [0.5, 0.6) is 0 Å². The number of oxazole rings is 1. The van der Waals surface area contributed by atoms with Gasteiger partial charge in [-0.15, -0.1) is 0 Å². The predicted octanol–water partition coefficient (Wildman–Crippen LogP) is 1.64. The van der Waals surface area contributed by atoms with E-state index in [1.165, 1.54) is 12.8 Å². The number of hydrogen-bond donors (Lipinski definition) is 2. The number of primary amides is 1. The van der Waals surface area contributed by atoms with Gasteiger partial charge in [-0.05, 0) is 25.0 Å². The zero-order chi connectivity index (χ0) is 14.8. The Labute approximate surface area is 123 Å². The molecule has 1 saturated carbocycles. The van der Waals surface area contributed by atoms with Crippen molar-refractivity contribution in [3.05, 3.63) is 24.1 Å². The predicted molar refractivity (Wildman–Crippen MR) is 80.3 cm³/mol. The molecule has 1 aromatic heterocycles. The standard InChI is InChI=1S/C15H20N4O2/c16-10-5-6-12-13(7-10)21-15(18-12)9-19(8-14(17)20)11-3-1-2-4-11/h5-7,11H,1-4,8-9,16H2,(H2,17,20). The lowest BCUT2D eigenvalue weighted by atomic mass is 10.2. The summed E-state index contributed by atoms with van der Waals surface area (Å²) < 4.78 is 5.74. The van der Waals surface area contributed by atoms with Gasteiger partial charge in [-0.3, -0.25) is 9.69 Å². The van der Waals surface area contributed by atoms with E-state index >= 15 is 0 Å². The molecule has 1 heterocycles. The van der Waals surface area contributed by atoms with Gasteiger partial charge in [0, 0.05) is 17.8 Å². The average Bonchev–Trinajstić information content (AvgIpc) is 3.05. The van der Waals surface area contributed by atoms with Gasteiger partial charge >= 0.3 is 0 Å². The second-order valence-electron chi connectivity index (χ2n) is 5.64. The van der Waals surface area contributed by atoms with Gasteiger partial charge in [0.25, 0.3) is 0 Å². The number of carbonyl (C=O) groups excluding carboxylic acids is 1. The lowest BCUT2D eigenvalue weighted by Gasteiger charge is -2.25. The van der Waals surface area contributed by atoms with E-state index < -0.39 is 0 Å². The van der Waals surface area contributed by atoms with Gasteiger partial charge in [-0.25, -0.2) is 4.98 Å². The molecular formula is C15H20N4O2. The number of rotatable bonds is 5. The third-order valence-corrected chi connectivity index (χ3v) is 4.00. The SMILES string of the molecule is NC(=O)CN(Cc1nc2ccc(N)cc2o1)C1CCCC1. The minimum absolute atomic E-state index is 0.242. The summed E-state index contributed by atoms with van der Waals surface area (Å²) in [7, 11) is 0. The fourth-order valence-electron chi connectivity index (χ4n) is 3.01. The first kappa shape index (κ1) is 13.9. The summed E-state index contributed by atoms with van der Waals surface area (Å²) in [6.45, 7) is 0.744. The molecule has 0 bridgehead atoms. The smallest absolute Gasteiger partial charge is 0.231 e. The minimum atomic E-state index is -0.317. The van der Waals surface area contributed by atoms with E-state index in [-0.39, 0.29) is 12.5 Å². The van der Waals surface area contributed by atoms with E-state index in [2.05, 4.69) is 9.88 Å². The maximum Gasteiger partial charge on any atom is 0.231 e. The third kappa shape index (κ3) is 3.16. The van der Waals surface area contributed by atoms with E-state index in [0.29, 0.717) is 29.7 Å². The van der Waals surface area contributed by atoms with Crippen LogP contribution >= 0.6 is 0 Å². The monoisotopic (exact) mass is 288 g/mol. The highest BCUT2D eigenvalue weighted by atomic mass is 16.3. The second-order valence-corrected chi connectivity index (χ2v) is 5.64. The van der Waals surface area contributed by atoms with Crippen LogP contribution in [0.2, 0.25) is 0 Å². The molecule has 6 nitrogen and oxygen atoms in total. The Morgan fingerprint density at radius 1 is 1.38 bits per heavy atom. The van der Waals surface area contributed by atoms with Crippen molar-refractivity contribution < 1.29 is 9.21 Å². The van der Waals surface area contributed by atoms with Crippen LogP contribution in [0.15, 0.2) is 22.6 Å². The quantitative estimate of drug-likeness (QED) is 0.815. The van der Waals surface area contributed by atoms with Gasteiger partial charge in [0.1, 0.15) is 5.52 Å². The van der Waals surface area contributed by atoms with E-state index in [1.54, 1.807) is 12.1 Å². The summed E-state index contributed by atoms with van der Waals surface area (Å²) in [5.41, 5.74) is 13.2. The minimum Gasteiger partial charge on any atom is -0.439 e. The highest BCUT2D eigenvalue weighted by Gasteiger charge is 2.25. The largest absolute Gasteiger partial charge is 0.439 e. The molecule has 1 aromatic carbocycles. The van der Waals surface area contributed by atoms with Crippen molar-refractivity contribution in [2.45, 2.75) is 38.3 Å². The molecule has 1 amide bonds. The summed E-state index contributed by atoms with van der Waals surface area (Å²) in [6.07, 6.45) is 4.59. The molecule has 0 saturated heterocycles. The van der Waals surface area contributed by atoms with Crippen LogP contribution in [0.25, 0.3) is 11.1 Å². The van der Waals surface area contributed by atoms with Crippen LogP contribution in [-0.2, 0) is 11.3 Å². The first-order valence-corrected chi connectivity index (χ1v) is 7.29. The van der Waals surface area contributed by atoms with E-state index in [4.69, 9.17) is 15.9 Å². The van der Waals surface area contributed by atoms with E-state index in [1.807, 2.05) is 6.07 Å². The molecule has 6 heteroatoms. The van der Waals surface area contributed by atoms with Crippen LogP contribution in [0.3, 0.4) is 0 Å². The lowest BCUT2D eigenvalue weighted by Crippen LogP contribution is -2.39. The summed E-state index contributed by atoms with van der Waals surface area (Å²) >= 11 is 0. The number of anilines is 1. The van der Waals surface area contributed by atoms with Gasteiger partial charge in [0.2, 0.25) is 11.8 Å². The molecule has 3 rings (SSSR count). The molecule has 1 fully saturated rings. The Bertz CT molecular complexity index is 646. The number of hydrogen-bond acceptors (Lipinski definition) is 5. The number of nitrogens with two attached hydrogens (primary N) is 2. The molecule has 0 radical (unpaired) electrons. The van der Waals surface area contributed by atoms with Crippen LogP contribution < -0.4 is 11.5 Å². The van der Waals surface area contributed by atoms with Crippen molar-refractivity contribution in [3.63, 3.8) is 0 Å². The Morgan fingerprint density at radius 3 is 2.86 bits per heavy atom. The summed E-state index contributed by atoms with van der Waals surface area (Å²) in [6, 6.07) is 5.79. The maximum absolute atomic E-state index is 11.3.